The van der Waals surface area contributed by atoms with E-state index in [0.717, 1.165) is 15.3 Å². The van der Waals surface area contributed by atoms with Crippen molar-refractivity contribution in [1.29, 1.82) is 0 Å². The summed E-state index contributed by atoms with van der Waals surface area (Å²) in [6.45, 7) is 1.75. The number of hydrogen-bond acceptors (Lipinski definition) is 9. The maximum Gasteiger partial charge on any atom is 0.332 e. The van der Waals surface area contributed by atoms with E-state index in [9.17, 15) is 14.4 Å². The minimum atomic E-state index is -2.00. The molecule has 3 aliphatic rings. The van der Waals surface area contributed by atoms with Crippen molar-refractivity contribution in [2.45, 2.75) is 24.9 Å². The molecule has 3 heterocycles. The number of rotatable bonds is 4. The number of hydrogen-bond donors (Lipinski definition) is 1. The average molecular weight is 644 g/mol. The van der Waals surface area contributed by atoms with Crippen LogP contribution in [0, 0.1) is 5.92 Å². The molecule has 7 rings (SSSR count). The van der Waals surface area contributed by atoms with Gasteiger partial charge in [0.15, 0.2) is 5.75 Å². The Hall–Kier alpha value is -5.03. The molecular formula is C34H30ClN3O8. The van der Waals surface area contributed by atoms with E-state index in [0.29, 0.717) is 17.0 Å². The number of carbonyl (C=O) groups is 2. The number of ketones is 2. The monoisotopic (exact) mass is 643 g/mol. The third kappa shape index (κ3) is 3.66. The van der Waals surface area contributed by atoms with Gasteiger partial charge in [0, 0.05) is 48.7 Å². The van der Waals surface area contributed by atoms with Gasteiger partial charge in [-0.15, -0.1) is 0 Å². The fourth-order valence-corrected chi connectivity index (χ4v) is 7.49. The van der Waals surface area contributed by atoms with E-state index in [1.165, 1.54) is 31.9 Å². The number of anilines is 1. The molecule has 0 saturated carbocycles. The standard InChI is InChI=1S/C34H30ClN3O8/c1-15-13-19-24(29(39)34(15)30(40)25-21(44-5)14-22(45-6)27(35)28(25)46-34)23(26-31(36-19)37(2)33(42)38(3)32(26)41)18-11-12-20(43-4)17-10-8-7-9-16(17)18/h7-12,14-15,23,36H,13H2,1-6H3. The molecule has 1 spiro atoms. The fraction of sp³-hybridized carbons (Fsp3) is 0.294. The Bertz CT molecular complexity index is 2200. The van der Waals surface area contributed by atoms with E-state index in [2.05, 4.69) is 5.32 Å². The van der Waals surface area contributed by atoms with Crippen LogP contribution >= 0.6 is 11.6 Å². The van der Waals surface area contributed by atoms with Crippen molar-refractivity contribution < 1.29 is 28.5 Å². The summed E-state index contributed by atoms with van der Waals surface area (Å²) < 4.78 is 25.4. The Balaban J connectivity index is 1.53. The maximum absolute atomic E-state index is 15.2. The number of benzene rings is 3. The fourth-order valence-electron chi connectivity index (χ4n) is 7.22. The molecule has 236 valence electrons. The summed E-state index contributed by atoms with van der Waals surface area (Å²) in [4.78, 5) is 56.8. The summed E-state index contributed by atoms with van der Waals surface area (Å²) in [5, 5.41) is 4.79. The van der Waals surface area contributed by atoms with Crippen molar-refractivity contribution >= 4 is 39.8 Å². The molecule has 1 aromatic heterocycles. The first-order valence-corrected chi connectivity index (χ1v) is 15.0. The van der Waals surface area contributed by atoms with Crippen molar-refractivity contribution in [2.24, 2.45) is 20.0 Å². The molecule has 0 amide bonds. The molecule has 1 N–H and O–H groups in total. The summed E-state index contributed by atoms with van der Waals surface area (Å²) in [6.07, 6.45) is 0.186. The third-order valence-electron chi connectivity index (χ3n) is 9.52. The maximum atomic E-state index is 15.2. The number of Topliss-reactive ketones (excluding diaryl/α,β-unsaturated/α-hetero) is 2. The zero-order chi connectivity index (χ0) is 32.8. The number of allylic oxidation sites excluding steroid dienone is 1. The average Bonchev–Trinajstić information content (AvgIpc) is 3.38. The topological polar surface area (TPSA) is 127 Å². The van der Waals surface area contributed by atoms with Gasteiger partial charge in [0.2, 0.25) is 17.2 Å². The second-order valence-electron chi connectivity index (χ2n) is 11.7. The van der Waals surface area contributed by atoms with Gasteiger partial charge in [-0.25, -0.2) is 4.79 Å². The highest BCUT2D eigenvalue weighted by Gasteiger charge is 2.64. The predicted molar refractivity (Wildman–Crippen MR) is 171 cm³/mol. The lowest BCUT2D eigenvalue weighted by atomic mass is 9.65. The van der Waals surface area contributed by atoms with Crippen LogP contribution in [-0.4, -0.2) is 47.6 Å². The Kier molecular flexibility index (Phi) is 6.61. The molecule has 1 aliphatic carbocycles. The van der Waals surface area contributed by atoms with Gasteiger partial charge in [-0.3, -0.25) is 23.5 Å². The zero-order valence-electron chi connectivity index (χ0n) is 25.9. The minimum Gasteiger partial charge on any atom is -0.496 e. The Morgan fingerprint density at radius 3 is 2.24 bits per heavy atom. The number of nitrogens with one attached hydrogen (secondary N) is 1. The highest BCUT2D eigenvalue weighted by molar-refractivity contribution is 6.36. The number of fused-ring (bicyclic) bond motifs is 3. The van der Waals surface area contributed by atoms with Crippen LogP contribution in [0.4, 0.5) is 5.82 Å². The minimum absolute atomic E-state index is 0.000966. The highest BCUT2D eigenvalue weighted by Crippen LogP contribution is 2.56. The molecule has 3 atom stereocenters. The van der Waals surface area contributed by atoms with Gasteiger partial charge in [0.1, 0.15) is 33.7 Å². The Morgan fingerprint density at radius 2 is 1.57 bits per heavy atom. The number of nitrogens with zero attached hydrogens (tertiary/aromatic N) is 2. The molecule has 46 heavy (non-hydrogen) atoms. The van der Waals surface area contributed by atoms with Crippen LogP contribution < -0.4 is 35.5 Å². The molecule has 0 bridgehead atoms. The molecule has 3 unspecified atom stereocenters. The Labute approximate surface area is 267 Å². The lowest BCUT2D eigenvalue weighted by molar-refractivity contribution is -0.130. The summed E-state index contributed by atoms with van der Waals surface area (Å²) in [7, 11) is 7.36. The van der Waals surface area contributed by atoms with E-state index in [1.807, 2.05) is 30.3 Å². The summed E-state index contributed by atoms with van der Waals surface area (Å²) in [6, 6.07) is 12.6. The van der Waals surface area contributed by atoms with Crippen LogP contribution in [0.3, 0.4) is 0 Å². The predicted octanol–water partition coefficient (Wildman–Crippen LogP) is 4.35. The first-order chi connectivity index (χ1) is 22.0. The molecule has 0 saturated heterocycles. The van der Waals surface area contributed by atoms with Crippen molar-refractivity contribution in [3.63, 3.8) is 0 Å². The second kappa shape index (κ2) is 10.2. The molecule has 4 aromatic rings. The Morgan fingerprint density at radius 1 is 0.891 bits per heavy atom. The first-order valence-electron chi connectivity index (χ1n) is 14.6. The summed E-state index contributed by atoms with van der Waals surface area (Å²) in [5.41, 5.74) is -1.55. The number of ether oxygens (including phenoxy) is 4. The van der Waals surface area contributed by atoms with Crippen LogP contribution in [0.1, 0.15) is 40.7 Å². The molecule has 12 heteroatoms. The van der Waals surface area contributed by atoms with E-state index in [-0.39, 0.29) is 51.2 Å². The van der Waals surface area contributed by atoms with Gasteiger partial charge in [-0.1, -0.05) is 48.9 Å². The molecule has 2 aliphatic heterocycles. The lowest BCUT2D eigenvalue weighted by Gasteiger charge is -2.42. The van der Waals surface area contributed by atoms with Crippen LogP contribution in [0.2, 0.25) is 5.02 Å². The zero-order valence-corrected chi connectivity index (χ0v) is 26.7. The number of aromatic nitrogens is 2. The second-order valence-corrected chi connectivity index (χ2v) is 12.1. The van der Waals surface area contributed by atoms with E-state index >= 15 is 4.79 Å². The highest BCUT2D eigenvalue weighted by atomic mass is 35.5. The van der Waals surface area contributed by atoms with Crippen molar-refractivity contribution in [1.82, 2.24) is 9.13 Å². The van der Waals surface area contributed by atoms with Crippen LogP contribution in [0.5, 0.6) is 23.0 Å². The van der Waals surface area contributed by atoms with Gasteiger partial charge in [0.25, 0.3) is 5.56 Å². The van der Waals surface area contributed by atoms with Gasteiger partial charge in [0.05, 0.1) is 26.9 Å². The van der Waals surface area contributed by atoms with Gasteiger partial charge in [-0.2, -0.15) is 0 Å². The number of methoxy groups -OCH3 is 3. The molecule has 0 fully saturated rings. The van der Waals surface area contributed by atoms with Crippen LogP contribution in [-0.2, 0) is 18.9 Å². The quantitative estimate of drug-likeness (QED) is 0.323. The normalized spacial score (nSPS) is 21.5. The lowest BCUT2D eigenvalue weighted by Crippen LogP contribution is -2.58. The first kappa shape index (κ1) is 29.7. The smallest absolute Gasteiger partial charge is 0.332 e. The third-order valence-corrected chi connectivity index (χ3v) is 9.88. The molecule has 0 radical (unpaired) electrons. The SMILES string of the molecule is COc1cc(OC)c2c(c1Cl)OC1(C(=O)C3=C(CC1C)Nc1c(c(=O)n(C)c(=O)n1C)C3c1ccc(OC)c3ccccc13)C2=O. The van der Waals surface area contributed by atoms with E-state index in [1.54, 1.807) is 27.1 Å². The van der Waals surface area contributed by atoms with Crippen LogP contribution in [0.25, 0.3) is 10.8 Å². The van der Waals surface area contributed by atoms with Crippen molar-refractivity contribution in [3.05, 3.63) is 96.3 Å². The van der Waals surface area contributed by atoms with E-state index in [4.69, 9.17) is 30.5 Å². The molecular weight excluding hydrogens is 614 g/mol. The molecule has 11 nitrogen and oxygen atoms in total. The number of carbonyl (C=O) groups excluding carboxylic acids is 2. The summed E-state index contributed by atoms with van der Waals surface area (Å²) >= 11 is 6.66. The number of halogens is 1. The van der Waals surface area contributed by atoms with Crippen LogP contribution in [0.15, 0.2) is 63.3 Å². The van der Waals surface area contributed by atoms with Gasteiger partial charge in [-0.05, 0) is 23.4 Å². The van der Waals surface area contributed by atoms with Gasteiger partial charge < -0.3 is 24.3 Å². The van der Waals surface area contributed by atoms with Gasteiger partial charge >= 0.3 is 5.69 Å². The summed E-state index contributed by atoms with van der Waals surface area (Å²) in [5.74, 6) is -1.59. The van der Waals surface area contributed by atoms with Crippen molar-refractivity contribution in [2.75, 3.05) is 26.6 Å². The largest absolute Gasteiger partial charge is 0.496 e. The van der Waals surface area contributed by atoms with E-state index < -0.39 is 40.3 Å². The van der Waals surface area contributed by atoms with Crippen molar-refractivity contribution in [3.8, 4) is 23.0 Å². The molecule has 3 aromatic carbocycles.